The lowest BCUT2D eigenvalue weighted by Gasteiger charge is -2.30. The third-order valence-electron chi connectivity index (χ3n) is 5.22. The second kappa shape index (κ2) is 6.91. The van der Waals surface area contributed by atoms with Crippen LogP contribution in [0.4, 0.5) is 0 Å². The molecule has 0 bridgehead atoms. The highest BCUT2D eigenvalue weighted by molar-refractivity contribution is 5.89. The third kappa shape index (κ3) is 2.99. The number of fused-ring (bicyclic) bond motifs is 2. The highest BCUT2D eigenvalue weighted by Crippen LogP contribution is 2.44. The lowest BCUT2D eigenvalue weighted by atomic mass is 9.87. The first-order chi connectivity index (χ1) is 13.1. The van der Waals surface area contributed by atoms with Gasteiger partial charge in [0.25, 0.3) is 0 Å². The van der Waals surface area contributed by atoms with Gasteiger partial charge in [0, 0.05) is 42.5 Å². The average molecular weight is 361 g/mol. The number of hydrogen-bond acceptors (Lipinski definition) is 3. The molecule has 0 fully saturated rings. The van der Waals surface area contributed by atoms with Crippen molar-refractivity contribution in [3.8, 4) is 11.5 Å². The smallest absolute Gasteiger partial charge is 0.234 e. The minimum absolute atomic E-state index is 0.0573. The van der Waals surface area contributed by atoms with Crippen molar-refractivity contribution in [2.45, 2.75) is 32.9 Å². The molecular formula is C22H23N3O2. The van der Waals surface area contributed by atoms with Crippen molar-refractivity contribution in [3.05, 3.63) is 77.1 Å². The molecule has 5 nitrogen and oxygen atoms in total. The van der Waals surface area contributed by atoms with Crippen molar-refractivity contribution in [2.75, 3.05) is 7.05 Å². The van der Waals surface area contributed by atoms with Crippen LogP contribution in [0.3, 0.4) is 0 Å². The van der Waals surface area contributed by atoms with Crippen LogP contribution in [0.2, 0.25) is 0 Å². The number of ether oxygens (including phenoxy) is 1. The second-order valence-electron chi connectivity index (χ2n) is 6.88. The van der Waals surface area contributed by atoms with Gasteiger partial charge in [0.1, 0.15) is 11.5 Å². The molecule has 3 aromatic rings. The lowest BCUT2D eigenvalue weighted by Crippen LogP contribution is -2.33. The Hall–Kier alpha value is -3.08. The van der Waals surface area contributed by atoms with Gasteiger partial charge in [-0.25, -0.2) is 0 Å². The number of rotatable bonds is 4. The van der Waals surface area contributed by atoms with Crippen LogP contribution in [-0.4, -0.2) is 27.6 Å². The van der Waals surface area contributed by atoms with Gasteiger partial charge in [0.05, 0.1) is 12.1 Å². The summed E-state index contributed by atoms with van der Waals surface area (Å²) in [5.41, 5.74) is 3.99. The summed E-state index contributed by atoms with van der Waals surface area (Å²) >= 11 is 0. The Morgan fingerprint density at radius 2 is 1.70 bits per heavy atom. The van der Waals surface area contributed by atoms with E-state index in [1.54, 1.807) is 4.90 Å². The molecule has 2 heterocycles. The fourth-order valence-electron chi connectivity index (χ4n) is 3.69. The van der Waals surface area contributed by atoms with Gasteiger partial charge in [-0.3, -0.25) is 9.48 Å². The first-order valence-electron chi connectivity index (χ1n) is 9.22. The molecule has 2 aromatic carbocycles. The third-order valence-corrected chi connectivity index (χ3v) is 5.22. The number of benzene rings is 2. The van der Waals surface area contributed by atoms with E-state index in [0.29, 0.717) is 6.54 Å². The minimum atomic E-state index is -0.363. The Balaban J connectivity index is 1.68. The molecule has 0 saturated heterocycles. The van der Waals surface area contributed by atoms with E-state index in [1.807, 2.05) is 73.4 Å². The number of nitrogens with zero attached hydrogens (tertiary/aromatic N) is 3. The maximum Gasteiger partial charge on any atom is 0.234 e. The molecule has 0 unspecified atom stereocenters. The number of carbonyl (C=O) groups is 1. The molecule has 0 spiro atoms. The first kappa shape index (κ1) is 17.3. The Morgan fingerprint density at radius 1 is 1.11 bits per heavy atom. The van der Waals surface area contributed by atoms with Gasteiger partial charge in [-0.1, -0.05) is 36.4 Å². The van der Waals surface area contributed by atoms with E-state index in [1.165, 1.54) is 0 Å². The predicted molar refractivity (Wildman–Crippen MR) is 104 cm³/mol. The van der Waals surface area contributed by atoms with Crippen LogP contribution in [0.1, 0.15) is 35.2 Å². The Kier molecular flexibility index (Phi) is 4.44. The van der Waals surface area contributed by atoms with Crippen LogP contribution in [0.25, 0.3) is 0 Å². The van der Waals surface area contributed by atoms with E-state index >= 15 is 0 Å². The van der Waals surface area contributed by atoms with Crippen LogP contribution in [0.15, 0.2) is 54.7 Å². The fraction of sp³-hybridized carbons (Fsp3) is 0.273. The molecule has 27 heavy (non-hydrogen) atoms. The summed E-state index contributed by atoms with van der Waals surface area (Å²) in [6, 6.07) is 15.5. The van der Waals surface area contributed by atoms with Crippen molar-refractivity contribution in [2.24, 2.45) is 0 Å². The zero-order valence-corrected chi connectivity index (χ0v) is 15.8. The molecule has 0 radical (unpaired) electrons. The highest BCUT2D eigenvalue weighted by Gasteiger charge is 2.34. The largest absolute Gasteiger partial charge is 0.457 e. The van der Waals surface area contributed by atoms with E-state index in [-0.39, 0.29) is 11.8 Å². The molecule has 1 aliphatic heterocycles. The summed E-state index contributed by atoms with van der Waals surface area (Å²) in [6.07, 6.45) is 1.86. The summed E-state index contributed by atoms with van der Waals surface area (Å²) in [4.78, 5) is 15.2. The quantitative estimate of drug-likeness (QED) is 0.703. The summed E-state index contributed by atoms with van der Waals surface area (Å²) in [7, 11) is 1.85. The molecule has 0 atom stereocenters. The fourth-order valence-corrected chi connectivity index (χ4v) is 3.69. The second-order valence-corrected chi connectivity index (χ2v) is 6.88. The molecule has 4 rings (SSSR count). The molecule has 0 saturated carbocycles. The van der Waals surface area contributed by atoms with Crippen molar-refractivity contribution >= 4 is 5.91 Å². The van der Waals surface area contributed by atoms with Crippen LogP contribution in [0, 0.1) is 6.92 Å². The summed E-state index contributed by atoms with van der Waals surface area (Å²) in [5.74, 6) is 1.19. The number of aromatic nitrogens is 2. The number of aryl methyl sites for hydroxylation is 1. The van der Waals surface area contributed by atoms with Crippen LogP contribution in [0.5, 0.6) is 11.5 Å². The zero-order chi connectivity index (χ0) is 19.0. The molecular weight excluding hydrogens is 338 g/mol. The van der Waals surface area contributed by atoms with Gasteiger partial charge >= 0.3 is 0 Å². The maximum atomic E-state index is 13.5. The number of para-hydroxylation sites is 2. The standard InChI is InChI=1S/C22H23N3O2/c1-4-25-15(2)16(13-23-25)14-24(3)22(26)21-17-9-5-7-11-19(17)27-20-12-8-6-10-18(20)21/h5-13,21H,4,14H2,1-3H3. The number of carbonyl (C=O) groups excluding carboxylic acids is 1. The van der Waals surface area contributed by atoms with Gasteiger partial charge in [-0.2, -0.15) is 5.10 Å². The number of amides is 1. The Morgan fingerprint density at radius 3 is 2.26 bits per heavy atom. The molecule has 5 heteroatoms. The van der Waals surface area contributed by atoms with Crippen LogP contribution in [-0.2, 0) is 17.9 Å². The van der Waals surface area contributed by atoms with Gasteiger partial charge < -0.3 is 9.64 Å². The molecule has 138 valence electrons. The topological polar surface area (TPSA) is 47.4 Å². The predicted octanol–water partition coefficient (Wildman–Crippen LogP) is 4.11. The summed E-state index contributed by atoms with van der Waals surface area (Å²) in [5, 5.41) is 4.39. The van der Waals surface area contributed by atoms with Crippen molar-refractivity contribution < 1.29 is 9.53 Å². The van der Waals surface area contributed by atoms with E-state index < -0.39 is 0 Å². The Labute approximate surface area is 159 Å². The highest BCUT2D eigenvalue weighted by atomic mass is 16.5. The van der Waals surface area contributed by atoms with Crippen molar-refractivity contribution in [1.82, 2.24) is 14.7 Å². The van der Waals surface area contributed by atoms with E-state index in [0.717, 1.165) is 40.4 Å². The Bertz CT molecular complexity index is 947. The van der Waals surface area contributed by atoms with Crippen LogP contribution < -0.4 is 4.74 Å². The van der Waals surface area contributed by atoms with E-state index in [9.17, 15) is 4.79 Å². The molecule has 1 aliphatic rings. The molecule has 1 aromatic heterocycles. The molecule has 0 N–H and O–H groups in total. The summed E-state index contributed by atoms with van der Waals surface area (Å²) in [6.45, 7) is 5.47. The molecule has 1 amide bonds. The van der Waals surface area contributed by atoms with Gasteiger partial charge in [-0.15, -0.1) is 0 Å². The van der Waals surface area contributed by atoms with Gasteiger partial charge in [-0.05, 0) is 26.0 Å². The van der Waals surface area contributed by atoms with Crippen LogP contribution >= 0.6 is 0 Å². The first-order valence-corrected chi connectivity index (χ1v) is 9.22. The summed E-state index contributed by atoms with van der Waals surface area (Å²) < 4.78 is 7.96. The number of likely N-dealkylation sites (N-methyl/N-ethyl adjacent to an activating group) is 1. The maximum absolute atomic E-state index is 13.5. The number of hydrogen-bond donors (Lipinski definition) is 0. The van der Waals surface area contributed by atoms with Crippen molar-refractivity contribution in [3.63, 3.8) is 0 Å². The van der Waals surface area contributed by atoms with Gasteiger partial charge in [0.15, 0.2) is 0 Å². The molecule has 0 aliphatic carbocycles. The lowest BCUT2D eigenvalue weighted by molar-refractivity contribution is -0.131. The average Bonchev–Trinajstić information content (AvgIpc) is 3.05. The van der Waals surface area contributed by atoms with E-state index in [4.69, 9.17) is 4.74 Å². The van der Waals surface area contributed by atoms with E-state index in [2.05, 4.69) is 12.0 Å². The van der Waals surface area contributed by atoms with Crippen molar-refractivity contribution in [1.29, 1.82) is 0 Å². The van der Waals surface area contributed by atoms with Gasteiger partial charge in [0.2, 0.25) is 5.91 Å². The SMILES string of the molecule is CCn1ncc(CN(C)C(=O)C2c3ccccc3Oc3ccccc32)c1C. The zero-order valence-electron chi connectivity index (χ0n) is 15.8. The normalized spacial score (nSPS) is 12.9. The monoisotopic (exact) mass is 361 g/mol. The minimum Gasteiger partial charge on any atom is -0.457 e.